The fourth-order valence-electron chi connectivity index (χ4n) is 1.98. The molecule has 2 N–H and O–H groups in total. The van der Waals surface area contributed by atoms with Gasteiger partial charge in [0.1, 0.15) is 6.61 Å². The normalized spacial score (nSPS) is 10.7. The maximum absolute atomic E-state index is 11.9. The average molecular weight is 279 g/mol. The number of nitrogens with two attached hydrogens (primary N) is 1. The zero-order valence-corrected chi connectivity index (χ0v) is 12.8. The van der Waals surface area contributed by atoms with Crippen LogP contribution in [0.15, 0.2) is 18.2 Å². The molecule has 0 spiro atoms. The number of benzene rings is 1. The van der Waals surface area contributed by atoms with Crippen molar-refractivity contribution < 1.29 is 9.53 Å². The molecule has 112 valence electrons. The number of esters is 1. The van der Waals surface area contributed by atoms with E-state index in [1.165, 1.54) is 0 Å². The van der Waals surface area contributed by atoms with Crippen molar-refractivity contribution in [3.63, 3.8) is 0 Å². The molecule has 0 unspecified atom stereocenters. The van der Waals surface area contributed by atoms with Crippen LogP contribution in [0.3, 0.4) is 0 Å². The van der Waals surface area contributed by atoms with Crippen LogP contribution >= 0.6 is 0 Å². The van der Waals surface area contributed by atoms with Gasteiger partial charge in [0, 0.05) is 20.6 Å². The summed E-state index contributed by atoms with van der Waals surface area (Å²) in [6, 6.07) is 5.23. The quantitative estimate of drug-likeness (QED) is 0.609. The molecular formula is C15H25N3O2. The zero-order valence-electron chi connectivity index (χ0n) is 12.8. The van der Waals surface area contributed by atoms with E-state index in [1.54, 1.807) is 12.1 Å². The number of rotatable bonds is 7. The molecule has 1 aromatic rings. The van der Waals surface area contributed by atoms with Crippen LogP contribution in [-0.2, 0) is 4.74 Å². The first kappa shape index (κ1) is 16.3. The topological polar surface area (TPSA) is 58.8 Å². The molecule has 0 fully saturated rings. The summed E-state index contributed by atoms with van der Waals surface area (Å²) in [5, 5.41) is 0. The second-order valence-corrected chi connectivity index (χ2v) is 4.83. The SMILES string of the molecule is CCN(CC)CCOC(=O)c1ccc(N(C)C)c(N)c1. The summed E-state index contributed by atoms with van der Waals surface area (Å²) in [5.74, 6) is -0.325. The molecule has 0 saturated carbocycles. The Morgan fingerprint density at radius 1 is 1.25 bits per heavy atom. The van der Waals surface area contributed by atoms with Crippen LogP contribution in [0.5, 0.6) is 0 Å². The Balaban J connectivity index is 2.58. The number of hydrogen-bond acceptors (Lipinski definition) is 5. The monoisotopic (exact) mass is 279 g/mol. The third-order valence-electron chi connectivity index (χ3n) is 3.28. The highest BCUT2D eigenvalue weighted by Gasteiger charge is 2.11. The molecule has 20 heavy (non-hydrogen) atoms. The van der Waals surface area contributed by atoms with Gasteiger partial charge in [-0.3, -0.25) is 0 Å². The summed E-state index contributed by atoms with van der Waals surface area (Å²) >= 11 is 0. The lowest BCUT2D eigenvalue weighted by atomic mass is 10.1. The lowest BCUT2D eigenvalue weighted by Crippen LogP contribution is -2.27. The molecule has 0 saturated heterocycles. The number of nitrogens with zero attached hydrogens (tertiary/aromatic N) is 2. The van der Waals surface area contributed by atoms with E-state index in [0.29, 0.717) is 17.9 Å². The van der Waals surface area contributed by atoms with Crippen molar-refractivity contribution in [2.75, 3.05) is 51.0 Å². The van der Waals surface area contributed by atoms with E-state index < -0.39 is 0 Å². The summed E-state index contributed by atoms with van der Waals surface area (Å²) in [4.78, 5) is 16.0. The third kappa shape index (κ3) is 4.42. The van der Waals surface area contributed by atoms with Crippen molar-refractivity contribution in [1.29, 1.82) is 0 Å². The first-order chi connectivity index (χ1) is 9.49. The van der Waals surface area contributed by atoms with Crippen molar-refractivity contribution in [1.82, 2.24) is 4.90 Å². The van der Waals surface area contributed by atoms with E-state index in [2.05, 4.69) is 18.7 Å². The van der Waals surface area contributed by atoms with Gasteiger partial charge in [-0.1, -0.05) is 13.8 Å². The smallest absolute Gasteiger partial charge is 0.338 e. The van der Waals surface area contributed by atoms with E-state index in [0.717, 1.165) is 25.3 Å². The molecule has 1 aromatic carbocycles. The third-order valence-corrected chi connectivity index (χ3v) is 3.28. The molecule has 5 heteroatoms. The predicted molar refractivity (Wildman–Crippen MR) is 83.3 cm³/mol. The number of nitrogen functional groups attached to an aromatic ring is 1. The molecule has 0 radical (unpaired) electrons. The molecule has 0 aromatic heterocycles. The summed E-state index contributed by atoms with van der Waals surface area (Å²) in [5.41, 5.74) is 7.89. The fraction of sp³-hybridized carbons (Fsp3) is 0.533. The second-order valence-electron chi connectivity index (χ2n) is 4.83. The molecule has 5 nitrogen and oxygen atoms in total. The Labute approximate surface area is 121 Å². The van der Waals surface area contributed by atoms with Crippen molar-refractivity contribution in [3.05, 3.63) is 23.8 Å². The van der Waals surface area contributed by atoms with Gasteiger partial charge in [0.05, 0.1) is 16.9 Å². The van der Waals surface area contributed by atoms with Gasteiger partial charge in [0.2, 0.25) is 0 Å². The Bertz CT molecular complexity index is 443. The number of carbonyl (C=O) groups is 1. The lowest BCUT2D eigenvalue weighted by Gasteiger charge is -2.18. The maximum Gasteiger partial charge on any atom is 0.338 e. The molecule has 0 bridgehead atoms. The largest absolute Gasteiger partial charge is 0.461 e. The van der Waals surface area contributed by atoms with Crippen LogP contribution in [-0.4, -0.2) is 51.2 Å². The molecule has 0 heterocycles. The first-order valence-corrected chi connectivity index (χ1v) is 6.95. The second kappa shape index (κ2) is 7.75. The molecule has 0 aliphatic rings. The highest BCUT2D eigenvalue weighted by Crippen LogP contribution is 2.22. The average Bonchev–Trinajstić information content (AvgIpc) is 2.42. The van der Waals surface area contributed by atoms with Crippen LogP contribution in [0.25, 0.3) is 0 Å². The van der Waals surface area contributed by atoms with E-state index >= 15 is 0 Å². The predicted octanol–water partition coefficient (Wildman–Crippen LogP) is 1.83. The van der Waals surface area contributed by atoms with Crippen molar-refractivity contribution in [2.45, 2.75) is 13.8 Å². The van der Waals surface area contributed by atoms with Crippen LogP contribution in [0, 0.1) is 0 Å². The highest BCUT2D eigenvalue weighted by atomic mass is 16.5. The van der Waals surface area contributed by atoms with Gasteiger partial charge in [-0.25, -0.2) is 4.79 Å². The van der Waals surface area contributed by atoms with Crippen LogP contribution in [0.2, 0.25) is 0 Å². The number of likely N-dealkylation sites (N-methyl/N-ethyl adjacent to an activating group) is 1. The van der Waals surface area contributed by atoms with Gasteiger partial charge >= 0.3 is 5.97 Å². The molecule has 0 aliphatic carbocycles. The standard InChI is InChI=1S/C15H25N3O2/c1-5-18(6-2)9-10-20-15(19)12-7-8-14(17(3)4)13(16)11-12/h7-8,11H,5-6,9-10,16H2,1-4H3. The van der Waals surface area contributed by atoms with Crippen LogP contribution in [0.4, 0.5) is 11.4 Å². The molecule has 0 atom stereocenters. The van der Waals surface area contributed by atoms with E-state index in [9.17, 15) is 4.79 Å². The Morgan fingerprint density at radius 2 is 1.90 bits per heavy atom. The minimum Gasteiger partial charge on any atom is -0.461 e. The van der Waals surface area contributed by atoms with Gasteiger partial charge in [-0.2, -0.15) is 0 Å². The van der Waals surface area contributed by atoms with Crippen molar-refractivity contribution >= 4 is 17.3 Å². The molecule has 0 amide bonds. The minimum atomic E-state index is -0.325. The lowest BCUT2D eigenvalue weighted by molar-refractivity contribution is 0.0466. The number of anilines is 2. The fourth-order valence-corrected chi connectivity index (χ4v) is 1.98. The summed E-state index contributed by atoms with van der Waals surface area (Å²) in [6.07, 6.45) is 0. The van der Waals surface area contributed by atoms with Gasteiger partial charge in [0.25, 0.3) is 0 Å². The summed E-state index contributed by atoms with van der Waals surface area (Å²) in [7, 11) is 3.82. The van der Waals surface area contributed by atoms with Gasteiger partial charge in [-0.05, 0) is 31.3 Å². The molecule has 0 aliphatic heterocycles. The molecular weight excluding hydrogens is 254 g/mol. The van der Waals surface area contributed by atoms with Gasteiger partial charge in [-0.15, -0.1) is 0 Å². The number of ether oxygens (including phenoxy) is 1. The Hall–Kier alpha value is -1.75. The van der Waals surface area contributed by atoms with E-state index in [-0.39, 0.29) is 5.97 Å². The minimum absolute atomic E-state index is 0.325. The highest BCUT2D eigenvalue weighted by molar-refractivity contribution is 5.92. The number of hydrogen-bond donors (Lipinski definition) is 1. The van der Waals surface area contributed by atoms with Crippen molar-refractivity contribution in [3.8, 4) is 0 Å². The van der Waals surface area contributed by atoms with Crippen molar-refractivity contribution in [2.24, 2.45) is 0 Å². The Morgan fingerprint density at radius 3 is 2.40 bits per heavy atom. The van der Waals surface area contributed by atoms with E-state index in [1.807, 2.05) is 25.1 Å². The van der Waals surface area contributed by atoms with Gasteiger partial charge in [0.15, 0.2) is 0 Å². The maximum atomic E-state index is 11.9. The Kier molecular flexibility index (Phi) is 6.31. The van der Waals surface area contributed by atoms with Crippen LogP contribution in [0.1, 0.15) is 24.2 Å². The van der Waals surface area contributed by atoms with Crippen LogP contribution < -0.4 is 10.6 Å². The number of carbonyl (C=O) groups excluding carboxylic acids is 1. The van der Waals surface area contributed by atoms with Gasteiger partial charge < -0.3 is 20.3 Å². The zero-order chi connectivity index (χ0) is 15.1. The molecule has 1 rings (SSSR count). The summed E-state index contributed by atoms with van der Waals surface area (Å²) < 4.78 is 5.27. The summed E-state index contributed by atoms with van der Waals surface area (Å²) in [6.45, 7) is 7.24. The van der Waals surface area contributed by atoms with E-state index in [4.69, 9.17) is 10.5 Å². The first-order valence-electron chi connectivity index (χ1n) is 6.95.